The molecule has 2 aliphatic rings. The molecule has 0 unspecified atom stereocenters. The van der Waals surface area contributed by atoms with Crippen molar-refractivity contribution in [2.45, 2.75) is 25.2 Å². The summed E-state index contributed by atoms with van der Waals surface area (Å²) in [6, 6.07) is 5.54. The number of ether oxygens (including phenoxy) is 3. The average molecular weight is 361 g/mol. The van der Waals surface area contributed by atoms with E-state index in [9.17, 15) is 4.79 Å². The number of pyridine rings is 1. The first-order valence-electron chi connectivity index (χ1n) is 8.21. The first-order valence-corrected chi connectivity index (χ1v) is 8.99. The molecule has 2 aromatic heterocycles. The van der Waals surface area contributed by atoms with Crippen LogP contribution >= 0.6 is 11.5 Å². The van der Waals surface area contributed by atoms with Gasteiger partial charge in [0, 0.05) is 25.0 Å². The Morgan fingerprint density at radius 1 is 1.24 bits per heavy atom. The molecule has 0 N–H and O–H groups in total. The third-order valence-electron chi connectivity index (χ3n) is 4.33. The molecule has 2 saturated heterocycles. The number of hydrogen-bond donors (Lipinski definition) is 0. The molecule has 25 heavy (non-hydrogen) atoms. The van der Waals surface area contributed by atoms with Crippen LogP contribution in [-0.2, 0) is 9.47 Å². The largest absolute Gasteiger partial charge is 0.484 e. The minimum absolute atomic E-state index is 0.0127. The van der Waals surface area contributed by atoms with Crippen LogP contribution in [0.3, 0.4) is 0 Å². The lowest BCUT2D eigenvalue weighted by Crippen LogP contribution is -2.32. The number of rotatable bonds is 3. The van der Waals surface area contributed by atoms with Crippen LogP contribution in [0.25, 0.3) is 0 Å². The van der Waals surface area contributed by atoms with Gasteiger partial charge in [-0.2, -0.15) is 0 Å². The van der Waals surface area contributed by atoms with E-state index in [4.69, 9.17) is 14.2 Å². The number of hydrogen-bond acceptors (Lipinski definition) is 7. The van der Waals surface area contributed by atoms with E-state index in [0.717, 1.165) is 5.69 Å². The number of carbonyl (C=O) groups is 1. The van der Waals surface area contributed by atoms with Crippen LogP contribution in [0.15, 0.2) is 30.6 Å². The van der Waals surface area contributed by atoms with Gasteiger partial charge in [-0.15, -0.1) is 0 Å². The molecule has 7 nitrogen and oxygen atoms in total. The fourth-order valence-electron chi connectivity index (χ4n) is 3.01. The van der Waals surface area contributed by atoms with E-state index < -0.39 is 0 Å². The molecule has 2 aliphatic heterocycles. The van der Waals surface area contributed by atoms with E-state index in [-0.39, 0.29) is 24.2 Å². The Kier molecular flexibility index (Phi) is 4.65. The van der Waals surface area contributed by atoms with Crippen LogP contribution in [0.4, 0.5) is 0 Å². The van der Waals surface area contributed by atoms with Crippen LogP contribution in [-0.4, -0.2) is 64.8 Å². The Bertz CT molecular complexity index is 706. The minimum atomic E-state index is -0.180. The molecule has 0 spiro atoms. The summed E-state index contributed by atoms with van der Waals surface area (Å²) >= 11 is 1.21. The van der Waals surface area contributed by atoms with Crippen molar-refractivity contribution in [3.8, 4) is 5.75 Å². The maximum Gasteiger partial charge on any atom is 0.265 e. The highest BCUT2D eigenvalue weighted by Gasteiger charge is 2.40. The Labute approximate surface area is 149 Å². The Hall–Kier alpha value is -2.03. The van der Waals surface area contributed by atoms with Gasteiger partial charge in [0.05, 0.1) is 19.4 Å². The fourth-order valence-corrected chi connectivity index (χ4v) is 3.57. The summed E-state index contributed by atoms with van der Waals surface area (Å²) in [5, 5.41) is 0. The number of aryl methyl sites for hydroxylation is 1. The molecule has 0 saturated carbocycles. The minimum Gasteiger partial charge on any atom is -0.484 e. The first kappa shape index (κ1) is 16.4. The average Bonchev–Trinajstić information content (AvgIpc) is 3.25. The van der Waals surface area contributed by atoms with E-state index in [2.05, 4.69) is 9.36 Å². The van der Waals surface area contributed by atoms with E-state index >= 15 is 0 Å². The zero-order chi connectivity index (χ0) is 17.2. The predicted octanol–water partition coefficient (Wildman–Crippen LogP) is 1.53. The van der Waals surface area contributed by atoms with E-state index in [1.54, 1.807) is 23.4 Å². The van der Waals surface area contributed by atoms with E-state index in [1.165, 1.54) is 11.5 Å². The van der Waals surface area contributed by atoms with Gasteiger partial charge >= 0.3 is 0 Å². The van der Waals surface area contributed by atoms with Crippen molar-refractivity contribution in [2.75, 3.05) is 26.3 Å². The lowest BCUT2D eigenvalue weighted by Gasteiger charge is -2.19. The van der Waals surface area contributed by atoms with Gasteiger partial charge in [0.2, 0.25) is 0 Å². The van der Waals surface area contributed by atoms with Crippen LogP contribution in [0.1, 0.15) is 15.4 Å². The van der Waals surface area contributed by atoms with Crippen molar-refractivity contribution in [2.24, 2.45) is 0 Å². The molecule has 0 radical (unpaired) electrons. The molecule has 8 heteroatoms. The van der Waals surface area contributed by atoms with Gasteiger partial charge in [0.25, 0.3) is 5.91 Å². The van der Waals surface area contributed by atoms with Crippen molar-refractivity contribution in [1.82, 2.24) is 14.3 Å². The highest BCUT2D eigenvalue weighted by molar-refractivity contribution is 7.08. The van der Waals surface area contributed by atoms with Crippen LogP contribution in [0.2, 0.25) is 0 Å². The number of fused-ring (bicyclic) bond motifs is 1. The molecule has 4 heterocycles. The summed E-state index contributed by atoms with van der Waals surface area (Å²) in [5.74, 6) is 0.693. The molecule has 2 aromatic rings. The van der Waals surface area contributed by atoms with Crippen LogP contribution in [0.5, 0.6) is 5.75 Å². The van der Waals surface area contributed by atoms with Crippen LogP contribution < -0.4 is 4.74 Å². The third-order valence-corrected chi connectivity index (χ3v) is 5.07. The second-order valence-corrected chi connectivity index (χ2v) is 7.04. The number of likely N-dealkylation sites (tertiary alicyclic amines) is 1. The number of amides is 1. The van der Waals surface area contributed by atoms with Gasteiger partial charge < -0.3 is 19.1 Å². The summed E-state index contributed by atoms with van der Waals surface area (Å²) < 4.78 is 21.8. The first-order chi connectivity index (χ1) is 12.2. The van der Waals surface area contributed by atoms with Gasteiger partial charge in [0.15, 0.2) is 0 Å². The highest BCUT2D eigenvalue weighted by Crippen LogP contribution is 2.24. The Balaban J connectivity index is 1.34. The summed E-state index contributed by atoms with van der Waals surface area (Å²) in [4.78, 5) is 19.1. The normalized spacial score (nSPS) is 24.0. The molecule has 4 rings (SSSR count). The third kappa shape index (κ3) is 3.65. The number of nitrogens with zero attached hydrogens (tertiary/aromatic N) is 3. The maximum atomic E-state index is 12.4. The maximum absolute atomic E-state index is 12.4. The summed E-state index contributed by atoms with van der Waals surface area (Å²) in [7, 11) is 0. The zero-order valence-electron chi connectivity index (χ0n) is 13.8. The van der Waals surface area contributed by atoms with Gasteiger partial charge in [-0.05, 0) is 36.7 Å². The lowest BCUT2D eigenvalue weighted by atomic mass is 10.3. The fraction of sp³-hybridized carbons (Fsp3) is 0.471. The van der Waals surface area contributed by atoms with Crippen molar-refractivity contribution < 1.29 is 19.0 Å². The summed E-state index contributed by atoms with van der Waals surface area (Å²) in [6.07, 6.45) is 2.92. The van der Waals surface area contributed by atoms with Crippen molar-refractivity contribution in [3.63, 3.8) is 0 Å². The van der Waals surface area contributed by atoms with Gasteiger partial charge in [-0.25, -0.2) is 4.37 Å². The van der Waals surface area contributed by atoms with E-state index in [0.29, 0.717) is 36.9 Å². The topological polar surface area (TPSA) is 73.8 Å². The second kappa shape index (κ2) is 7.07. The molecule has 2 atom stereocenters. The molecule has 1 amide bonds. The zero-order valence-corrected chi connectivity index (χ0v) is 14.6. The molecule has 0 aromatic carbocycles. The standard InChI is InChI=1S/C17H19N3O4S/c1-11-2-3-12(6-18-11)24-13-9-22-14-7-20(8-15(14)23-10-13)17(21)16-4-5-19-25-16/h2-6,13-15H,7-10H2,1H3/t14-,15-/m0/s1. The van der Waals surface area contributed by atoms with Crippen LogP contribution in [0, 0.1) is 6.92 Å². The summed E-state index contributed by atoms with van der Waals surface area (Å²) in [6.45, 7) is 3.85. The Morgan fingerprint density at radius 3 is 2.60 bits per heavy atom. The highest BCUT2D eigenvalue weighted by atomic mass is 32.1. The second-order valence-electron chi connectivity index (χ2n) is 6.21. The lowest BCUT2D eigenvalue weighted by molar-refractivity contribution is -0.00461. The number of carbonyl (C=O) groups excluding carboxylic acids is 1. The quantitative estimate of drug-likeness (QED) is 0.826. The van der Waals surface area contributed by atoms with Crippen molar-refractivity contribution >= 4 is 17.4 Å². The molecule has 2 fully saturated rings. The number of aromatic nitrogens is 2. The predicted molar refractivity (Wildman–Crippen MR) is 90.9 cm³/mol. The molecule has 132 valence electrons. The SMILES string of the molecule is Cc1ccc(OC2CO[C@H]3CN(C(=O)c4ccns4)C[C@@H]3OC2)cn1. The molecular formula is C17H19N3O4S. The summed E-state index contributed by atoms with van der Waals surface area (Å²) in [5.41, 5.74) is 0.945. The van der Waals surface area contributed by atoms with Crippen molar-refractivity contribution in [1.29, 1.82) is 0 Å². The monoisotopic (exact) mass is 361 g/mol. The molecule has 0 aliphatic carbocycles. The smallest absolute Gasteiger partial charge is 0.265 e. The Morgan fingerprint density at radius 2 is 2.00 bits per heavy atom. The van der Waals surface area contributed by atoms with Gasteiger partial charge in [-0.3, -0.25) is 9.78 Å². The molecule has 0 bridgehead atoms. The van der Waals surface area contributed by atoms with Gasteiger partial charge in [-0.1, -0.05) is 0 Å². The molecular weight excluding hydrogens is 342 g/mol. The van der Waals surface area contributed by atoms with Gasteiger partial charge in [0.1, 0.15) is 28.9 Å². The van der Waals surface area contributed by atoms with E-state index in [1.807, 2.05) is 19.1 Å². The van der Waals surface area contributed by atoms with Crippen molar-refractivity contribution in [3.05, 3.63) is 41.2 Å².